The van der Waals surface area contributed by atoms with Crippen LogP contribution in [0.25, 0.3) is 0 Å². The predicted molar refractivity (Wildman–Crippen MR) is 80.4 cm³/mol. The molecule has 0 aromatic heterocycles. The molecule has 0 radical (unpaired) electrons. The summed E-state index contributed by atoms with van der Waals surface area (Å²) in [7, 11) is 2.21. The first kappa shape index (κ1) is 19.3. The van der Waals surface area contributed by atoms with Gasteiger partial charge in [-0.1, -0.05) is 41.5 Å². The van der Waals surface area contributed by atoms with Gasteiger partial charge in [0, 0.05) is 6.04 Å². The first-order valence-electron chi connectivity index (χ1n) is 7.58. The van der Waals surface area contributed by atoms with E-state index in [9.17, 15) is 0 Å². The molecule has 1 aliphatic rings. The van der Waals surface area contributed by atoms with Crippen LogP contribution in [0.15, 0.2) is 0 Å². The molecule has 0 aromatic carbocycles. The molecule has 2 N–H and O–H groups in total. The van der Waals surface area contributed by atoms with Gasteiger partial charge in [0.15, 0.2) is 0 Å². The van der Waals surface area contributed by atoms with Gasteiger partial charge in [0.05, 0.1) is 0 Å². The lowest BCUT2D eigenvalue weighted by molar-refractivity contribution is 0.0875. The Bertz CT molecular complexity index is 149. The summed E-state index contributed by atoms with van der Waals surface area (Å²) in [4.78, 5) is 2.41. The number of nitrogens with zero attached hydrogens (tertiary/aromatic N) is 1. The second kappa shape index (κ2) is 11.0. The Hall–Kier alpha value is -0.0800. The maximum absolute atomic E-state index is 6.22. The standard InChI is InChI=1S/C11H24N2.2C2H6/c1-4-10(12)11(5-2)6-8-13(3)9-7-11;2*1-2/h10H,4-9,12H2,1-3H3;2*1-2H3. The second-order valence-electron chi connectivity index (χ2n) is 4.53. The van der Waals surface area contributed by atoms with E-state index in [0.29, 0.717) is 11.5 Å². The van der Waals surface area contributed by atoms with Gasteiger partial charge in [-0.2, -0.15) is 0 Å². The average molecular weight is 244 g/mol. The van der Waals surface area contributed by atoms with Crippen LogP contribution in [0.4, 0.5) is 0 Å². The third kappa shape index (κ3) is 5.87. The highest BCUT2D eigenvalue weighted by molar-refractivity contribution is 4.91. The molecule has 0 bridgehead atoms. The van der Waals surface area contributed by atoms with Gasteiger partial charge in [0.25, 0.3) is 0 Å². The van der Waals surface area contributed by atoms with Crippen molar-refractivity contribution in [3.05, 3.63) is 0 Å². The number of rotatable bonds is 3. The number of hydrogen-bond acceptors (Lipinski definition) is 2. The summed E-state index contributed by atoms with van der Waals surface area (Å²) in [5.41, 5.74) is 6.67. The van der Waals surface area contributed by atoms with Crippen molar-refractivity contribution in [2.45, 2.75) is 73.3 Å². The van der Waals surface area contributed by atoms with Crippen molar-refractivity contribution in [2.24, 2.45) is 11.1 Å². The summed E-state index contributed by atoms with van der Waals surface area (Å²) in [6, 6.07) is 0.409. The van der Waals surface area contributed by atoms with Crippen molar-refractivity contribution < 1.29 is 0 Å². The number of likely N-dealkylation sites (tertiary alicyclic amines) is 1. The third-order valence-corrected chi connectivity index (χ3v) is 3.91. The zero-order valence-corrected chi connectivity index (χ0v) is 13.3. The van der Waals surface area contributed by atoms with Gasteiger partial charge in [-0.3, -0.25) is 0 Å². The molecule has 1 heterocycles. The van der Waals surface area contributed by atoms with Crippen molar-refractivity contribution in [2.75, 3.05) is 20.1 Å². The SMILES string of the molecule is CC.CC.CCC(N)C1(CC)CCN(C)CC1. The Morgan fingerprint density at radius 2 is 1.47 bits per heavy atom. The van der Waals surface area contributed by atoms with Crippen molar-refractivity contribution >= 4 is 0 Å². The van der Waals surface area contributed by atoms with Crippen LogP contribution in [0, 0.1) is 5.41 Å². The Labute approximate surface area is 110 Å². The van der Waals surface area contributed by atoms with Crippen LogP contribution in [0.3, 0.4) is 0 Å². The van der Waals surface area contributed by atoms with Crippen LogP contribution in [0.1, 0.15) is 67.2 Å². The van der Waals surface area contributed by atoms with Crippen LogP contribution in [-0.4, -0.2) is 31.1 Å². The number of hydrogen-bond donors (Lipinski definition) is 1. The molecule has 1 saturated heterocycles. The fourth-order valence-corrected chi connectivity index (χ4v) is 2.48. The Balaban J connectivity index is 0. The average Bonchev–Trinajstić information content (AvgIpc) is 2.43. The van der Waals surface area contributed by atoms with E-state index in [1.54, 1.807) is 0 Å². The molecule has 2 heteroatoms. The van der Waals surface area contributed by atoms with Crippen LogP contribution in [0.5, 0.6) is 0 Å². The van der Waals surface area contributed by atoms with Gasteiger partial charge in [-0.15, -0.1) is 0 Å². The van der Waals surface area contributed by atoms with E-state index in [1.165, 1.54) is 32.4 Å². The molecule has 2 nitrogen and oxygen atoms in total. The predicted octanol–water partition coefficient (Wildman–Crippen LogP) is 3.90. The van der Waals surface area contributed by atoms with E-state index in [4.69, 9.17) is 5.73 Å². The highest BCUT2D eigenvalue weighted by Crippen LogP contribution is 2.37. The van der Waals surface area contributed by atoms with Gasteiger partial charge in [-0.25, -0.2) is 0 Å². The minimum Gasteiger partial charge on any atom is -0.327 e. The van der Waals surface area contributed by atoms with Gasteiger partial charge >= 0.3 is 0 Å². The Kier molecular flexibility index (Phi) is 12.5. The number of piperidine rings is 1. The smallest absolute Gasteiger partial charge is 0.00937 e. The van der Waals surface area contributed by atoms with E-state index < -0.39 is 0 Å². The topological polar surface area (TPSA) is 29.3 Å². The van der Waals surface area contributed by atoms with Crippen molar-refractivity contribution in [1.82, 2.24) is 4.90 Å². The molecule has 0 amide bonds. The zero-order valence-electron chi connectivity index (χ0n) is 13.3. The van der Waals surface area contributed by atoms with Crippen LogP contribution >= 0.6 is 0 Å². The highest BCUT2D eigenvalue weighted by atomic mass is 15.1. The van der Waals surface area contributed by atoms with E-state index in [0.717, 1.165) is 6.42 Å². The van der Waals surface area contributed by atoms with E-state index in [-0.39, 0.29) is 0 Å². The molecule has 17 heavy (non-hydrogen) atoms. The quantitative estimate of drug-likeness (QED) is 0.816. The molecular formula is C15H36N2. The molecule has 1 rings (SSSR count). The largest absolute Gasteiger partial charge is 0.327 e. The molecule has 0 saturated carbocycles. The van der Waals surface area contributed by atoms with Crippen LogP contribution in [-0.2, 0) is 0 Å². The van der Waals surface area contributed by atoms with Crippen molar-refractivity contribution in [3.8, 4) is 0 Å². The number of nitrogens with two attached hydrogens (primary N) is 1. The molecule has 1 fully saturated rings. The first-order chi connectivity index (χ1) is 8.14. The summed E-state index contributed by atoms with van der Waals surface area (Å²) in [5, 5.41) is 0. The molecule has 1 aliphatic heterocycles. The van der Waals surface area contributed by atoms with Gasteiger partial charge in [0.1, 0.15) is 0 Å². The molecule has 0 spiro atoms. The highest BCUT2D eigenvalue weighted by Gasteiger charge is 2.36. The molecule has 1 atom stereocenters. The minimum atomic E-state index is 0.409. The lowest BCUT2D eigenvalue weighted by Crippen LogP contribution is -2.48. The third-order valence-electron chi connectivity index (χ3n) is 3.91. The van der Waals surface area contributed by atoms with Crippen molar-refractivity contribution in [1.29, 1.82) is 0 Å². The molecular weight excluding hydrogens is 208 g/mol. The van der Waals surface area contributed by atoms with Crippen LogP contribution in [0.2, 0.25) is 0 Å². The molecule has 0 aliphatic carbocycles. The van der Waals surface area contributed by atoms with Gasteiger partial charge < -0.3 is 10.6 Å². The molecule has 0 aromatic rings. The van der Waals surface area contributed by atoms with E-state index >= 15 is 0 Å². The lowest BCUT2D eigenvalue weighted by atomic mass is 9.70. The second-order valence-corrected chi connectivity index (χ2v) is 4.53. The van der Waals surface area contributed by atoms with E-state index in [1.807, 2.05) is 27.7 Å². The molecule has 106 valence electrons. The normalized spacial score (nSPS) is 20.5. The monoisotopic (exact) mass is 244 g/mol. The Morgan fingerprint density at radius 3 is 1.76 bits per heavy atom. The van der Waals surface area contributed by atoms with Gasteiger partial charge in [0.2, 0.25) is 0 Å². The first-order valence-corrected chi connectivity index (χ1v) is 7.58. The van der Waals surface area contributed by atoms with Crippen molar-refractivity contribution in [3.63, 3.8) is 0 Å². The summed E-state index contributed by atoms with van der Waals surface area (Å²) < 4.78 is 0. The summed E-state index contributed by atoms with van der Waals surface area (Å²) in [6.45, 7) is 14.9. The fourth-order valence-electron chi connectivity index (χ4n) is 2.48. The maximum Gasteiger partial charge on any atom is 0.00937 e. The van der Waals surface area contributed by atoms with Crippen LogP contribution < -0.4 is 5.73 Å². The summed E-state index contributed by atoms with van der Waals surface area (Å²) in [6.07, 6.45) is 4.94. The summed E-state index contributed by atoms with van der Waals surface area (Å²) in [5.74, 6) is 0. The van der Waals surface area contributed by atoms with Gasteiger partial charge in [-0.05, 0) is 51.2 Å². The Morgan fingerprint density at radius 1 is 1.06 bits per heavy atom. The van der Waals surface area contributed by atoms with E-state index in [2.05, 4.69) is 25.8 Å². The maximum atomic E-state index is 6.22. The minimum absolute atomic E-state index is 0.409. The summed E-state index contributed by atoms with van der Waals surface area (Å²) >= 11 is 0. The zero-order chi connectivity index (χ0) is 13.9. The lowest BCUT2D eigenvalue weighted by Gasteiger charge is -2.44. The fraction of sp³-hybridized carbons (Fsp3) is 1.00. The molecule has 1 unspecified atom stereocenters.